The molecule has 2 heterocycles. The number of nitriles is 1. The minimum Gasteiger partial charge on any atom is -0.487 e. The number of hydrogen-bond acceptors (Lipinski definition) is 5. The fraction of sp³-hybridized carbons (Fsp3) is 0.324. The average molecular weight is 534 g/mol. The first-order valence-corrected chi connectivity index (χ1v) is 13.8. The van der Waals surface area contributed by atoms with Crippen LogP contribution in [0.25, 0.3) is 22.3 Å². The summed E-state index contributed by atoms with van der Waals surface area (Å²) in [4.78, 5) is 19.0. The quantitative estimate of drug-likeness (QED) is 0.255. The Morgan fingerprint density at radius 2 is 1.82 bits per heavy atom. The van der Waals surface area contributed by atoms with Crippen molar-refractivity contribution in [2.75, 3.05) is 7.11 Å². The number of benzene rings is 3. The molecule has 3 aromatic carbocycles. The maximum atomic E-state index is 14.1. The van der Waals surface area contributed by atoms with Gasteiger partial charge in [0.2, 0.25) is 0 Å². The first-order chi connectivity index (χ1) is 19.2. The highest BCUT2D eigenvalue weighted by molar-refractivity contribution is 5.71. The molecule has 4 aromatic rings. The molecule has 0 spiro atoms. The summed E-state index contributed by atoms with van der Waals surface area (Å²) in [5, 5.41) is 9.49. The molecule has 40 heavy (non-hydrogen) atoms. The van der Waals surface area contributed by atoms with Gasteiger partial charge in [0, 0.05) is 25.5 Å². The third-order valence-corrected chi connectivity index (χ3v) is 7.55. The van der Waals surface area contributed by atoms with Gasteiger partial charge in [-0.2, -0.15) is 5.26 Å². The Labute approximate surface area is 235 Å². The van der Waals surface area contributed by atoms with Crippen LogP contribution in [-0.4, -0.2) is 22.3 Å². The lowest BCUT2D eigenvalue weighted by molar-refractivity contribution is -0.0108. The van der Waals surface area contributed by atoms with Crippen molar-refractivity contribution in [1.29, 1.82) is 5.26 Å². The molecule has 1 aliphatic heterocycles. The lowest BCUT2D eigenvalue weighted by atomic mass is 9.89. The molecule has 0 amide bonds. The van der Waals surface area contributed by atoms with Crippen LogP contribution < -0.4 is 10.3 Å². The van der Waals surface area contributed by atoms with Gasteiger partial charge in [-0.25, -0.2) is 4.98 Å². The highest BCUT2D eigenvalue weighted by atomic mass is 16.5. The maximum Gasteiger partial charge on any atom is 0.261 e. The Balaban J connectivity index is 1.54. The second-order valence-electron chi connectivity index (χ2n) is 11.0. The largest absolute Gasteiger partial charge is 0.487 e. The van der Waals surface area contributed by atoms with E-state index in [0.717, 1.165) is 57.9 Å². The Bertz CT molecular complexity index is 1650. The highest BCUT2D eigenvalue weighted by Gasteiger charge is 2.34. The molecular weight excluding hydrogens is 498 g/mol. The predicted molar refractivity (Wildman–Crippen MR) is 157 cm³/mol. The summed E-state index contributed by atoms with van der Waals surface area (Å²) in [6.07, 6.45) is 2.21. The lowest BCUT2D eigenvalue weighted by Gasteiger charge is -2.37. The van der Waals surface area contributed by atoms with Crippen molar-refractivity contribution in [3.8, 4) is 34.1 Å². The van der Waals surface area contributed by atoms with Crippen LogP contribution in [-0.2, 0) is 17.7 Å². The molecule has 0 saturated carbocycles. The van der Waals surface area contributed by atoms with Crippen LogP contribution in [0.15, 0.2) is 71.5 Å². The van der Waals surface area contributed by atoms with Crippen molar-refractivity contribution < 1.29 is 9.47 Å². The summed E-state index contributed by atoms with van der Waals surface area (Å²) in [7, 11) is 1.71. The summed E-state index contributed by atoms with van der Waals surface area (Å²) < 4.78 is 13.8. The average Bonchev–Trinajstić information content (AvgIpc) is 2.94. The van der Waals surface area contributed by atoms with E-state index in [4.69, 9.17) is 14.5 Å². The van der Waals surface area contributed by atoms with E-state index in [1.165, 1.54) is 0 Å². The predicted octanol–water partition coefficient (Wildman–Crippen LogP) is 7.01. The zero-order chi connectivity index (χ0) is 28.4. The summed E-state index contributed by atoms with van der Waals surface area (Å²) in [6.45, 7) is 8.54. The lowest BCUT2D eigenvalue weighted by Crippen LogP contribution is -2.35. The molecular formula is C34H35N3O3. The van der Waals surface area contributed by atoms with Crippen molar-refractivity contribution in [3.05, 3.63) is 105 Å². The molecule has 5 rings (SSSR count). The van der Waals surface area contributed by atoms with Crippen LogP contribution in [0.1, 0.15) is 67.9 Å². The third-order valence-electron chi connectivity index (χ3n) is 7.55. The Morgan fingerprint density at radius 3 is 2.52 bits per heavy atom. The third kappa shape index (κ3) is 5.30. The minimum atomic E-state index is -0.326. The smallest absolute Gasteiger partial charge is 0.261 e. The van der Waals surface area contributed by atoms with E-state index in [-0.39, 0.29) is 17.3 Å². The fourth-order valence-electron chi connectivity index (χ4n) is 5.59. The number of ether oxygens (including phenoxy) is 2. The second-order valence-corrected chi connectivity index (χ2v) is 11.0. The molecule has 6 heteroatoms. The van der Waals surface area contributed by atoms with Gasteiger partial charge in [-0.1, -0.05) is 55.5 Å². The van der Waals surface area contributed by atoms with Crippen molar-refractivity contribution in [2.24, 2.45) is 0 Å². The summed E-state index contributed by atoms with van der Waals surface area (Å²) in [5.41, 5.74) is 6.21. The van der Waals surface area contributed by atoms with Gasteiger partial charge in [0.25, 0.3) is 5.56 Å². The molecule has 0 radical (unpaired) electrons. The van der Waals surface area contributed by atoms with Gasteiger partial charge >= 0.3 is 0 Å². The number of methoxy groups -OCH3 is 1. The van der Waals surface area contributed by atoms with Gasteiger partial charge < -0.3 is 9.47 Å². The van der Waals surface area contributed by atoms with Crippen LogP contribution in [0.3, 0.4) is 0 Å². The fourth-order valence-corrected chi connectivity index (χ4v) is 5.59. The number of fused-ring (bicyclic) bond motifs is 1. The molecule has 0 saturated heterocycles. The van der Waals surface area contributed by atoms with Gasteiger partial charge in [0.15, 0.2) is 0 Å². The van der Waals surface area contributed by atoms with Gasteiger partial charge in [-0.05, 0) is 67.6 Å². The summed E-state index contributed by atoms with van der Waals surface area (Å²) in [5.74, 6) is 1.57. The summed E-state index contributed by atoms with van der Waals surface area (Å²) >= 11 is 0. The SMILES string of the molecule is CCCc1nc(C)c(-c2ccc3c(c2)C(OC)CC(C)(C)O3)c(=O)n1Cc1ccc(-c2ccccc2C#N)cc1. The van der Waals surface area contributed by atoms with Crippen LogP contribution in [0.2, 0.25) is 0 Å². The maximum absolute atomic E-state index is 14.1. The molecule has 0 fully saturated rings. The van der Waals surface area contributed by atoms with Crippen LogP contribution >= 0.6 is 0 Å². The van der Waals surface area contributed by atoms with Crippen molar-refractivity contribution in [1.82, 2.24) is 9.55 Å². The molecule has 0 N–H and O–H groups in total. The monoisotopic (exact) mass is 533 g/mol. The normalized spacial score (nSPS) is 15.7. The van der Waals surface area contributed by atoms with E-state index in [0.29, 0.717) is 24.1 Å². The Hall–Kier alpha value is -4.21. The van der Waals surface area contributed by atoms with E-state index in [2.05, 4.69) is 26.8 Å². The van der Waals surface area contributed by atoms with E-state index < -0.39 is 0 Å². The number of hydrogen-bond donors (Lipinski definition) is 0. The zero-order valence-corrected chi connectivity index (χ0v) is 23.8. The van der Waals surface area contributed by atoms with Crippen molar-refractivity contribution >= 4 is 0 Å². The molecule has 204 valence electrons. The number of nitrogens with zero attached hydrogens (tertiary/aromatic N) is 3. The molecule has 1 atom stereocenters. The first-order valence-electron chi connectivity index (χ1n) is 13.8. The Morgan fingerprint density at radius 1 is 1.10 bits per heavy atom. The van der Waals surface area contributed by atoms with Crippen molar-refractivity contribution in [3.63, 3.8) is 0 Å². The number of aromatic nitrogens is 2. The van der Waals surface area contributed by atoms with E-state index in [9.17, 15) is 10.1 Å². The number of rotatable bonds is 7. The molecule has 6 nitrogen and oxygen atoms in total. The molecule has 1 aromatic heterocycles. The second kappa shape index (κ2) is 11.1. The van der Waals surface area contributed by atoms with Crippen LogP contribution in [0.5, 0.6) is 5.75 Å². The van der Waals surface area contributed by atoms with E-state index >= 15 is 0 Å². The molecule has 0 bridgehead atoms. The Kier molecular flexibility index (Phi) is 7.60. The minimum absolute atomic E-state index is 0.0548. The topological polar surface area (TPSA) is 77.1 Å². The number of aryl methyl sites for hydroxylation is 2. The van der Waals surface area contributed by atoms with Crippen molar-refractivity contribution in [2.45, 2.75) is 65.2 Å². The van der Waals surface area contributed by atoms with Gasteiger partial charge in [-0.15, -0.1) is 0 Å². The molecule has 0 aliphatic carbocycles. The standard InChI is InChI=1S/C34H35N3O3/c1-6-9-31-36-22(2)32(25-16-17-29-28(18-25)30(39-5)19-34(3,4)40-29)33(38)37(31)21-23-12-14-24(15-13-23)27-11-8-7-10-26(27)20-35/h7-8,10-18,30H,6,9,19,21H2,1-5H3. The van der Waals surface area contributed by atoms with Gasteiger partial charge in [0.05, 0.1) is 35.5 Å². The highest BCUT2D eigenvalue weighted by Crippen LogP contribution is 2.42. The van der Waals surface area contributed by atoms with E-state index in [1.807, 2.05) is 73.7 Å². The molecule has 1 aliphatic rings. The summed E-state index contributed by atoms with van der Waals surface area (Å²) in [6, 6.07) is 23.8. The first kappa shape index (κ1) is 27.4. The van der Waals surface area contributed by atoms with Gasteiger partial charge in [-0.3, -0.25) is 9.36 Å². The van der Waals surface area contributed by atoms with Crippen LogP contribution in [0, 0.1) is 18.3 Å². The van der Waals surface area contributed by atoms with E-state index in [1.54, 1.807) is 11.7 Å². The van der Waals surface area contributed by atoms with Crippen LogP contribution in [0.4, 0.5) is 0 Å². The van der Waals surface area contributed by atoms with Gasteiger partial charge in [0.1, 0.15) is 17.2 Å². The molecule has 1 unspecified atom stereocenters. The zero-order valence-electron chi connectivity index (χ0n) is 23.8.